The van der Waals surface area contributed by atoms with E-state index in [0.29, 0.717) is 0 Å². The van der Waals surface area contributed by atoms with Crippen molar-refractivity contribution >= 4 is 17.4 Å². The summed E-state index contributed by atoms with van der Waals surface area (Å²) < 4.78 is 0. The van der Waals surface area contributed by atoms with Gasteiger partial charge in [0.15, 0.2) is 5.78 Å². The van der Waals surface area contributed by atoms with E-state index in [-0.39, 0.29) is 17.2 Å². The van der Waals surface area contributed by atoms with Crippen LogP contribution in [0.1, 0.15) is 6.42 Å². The first-order valence-corrected chi connectivity index (χ1v) is 3.64. The molecule has 3 heteroatoms. The van der Waals surface area contributed by atoms with E-state index in [4.69, 9.17) is 11.6 Å². The Morgan fingerprint density at radius 1 is 1.67 bits per heavy atom. The Hall–Kier alpha value is -0.0800. The van der Waals surface area contributed by atoms with Gasteiger partial charge < -0.3 is 0 Å². The van der Waals surface area contributed by atoms with Crippen molar-refractivity contribution in [3.8, 4) is 0 Å². The highest BCUT2D eigenvalue weighted by molar-refractivity contribution is 6.31. The second kappa shape index (κ2) is 1.70. The summed E-state index contributed by atoms with van der Waals surface area (Å²) >= 11 is 5.74. The summed E-state index contributed by atoms with van der Waals surface area (Å²) in [6.45, 7) is 1.93. The minimum atomic E-state index is -0.288. The normalized spacial score (nSPS) is 48.6. The molecule has 50 valence electrons. The molecule has 2 nitrogen and oxygen atoms in total. The zero-order valence-corrected chi connectivity index (χ0v) is 5.77. The number of hydrogen-bond donors (Lipinski definition) is 0. The Balaban J connectivity index is 2.25. The lowest BCUT2D eigenvalue weighted by Gasteiger charge is -2.16. The Morgan fingerprint density at radius 3 is 2.78 bits per heavy atom. The molecule has 3 unspecified atom stereocenters. The van der Waals surface area contributed by atoms with Crippen LogP contribution in [0.15, 0.2) is 0 Å². The van der Waals surface area contributed by atoms with Gasteiger partial charge >= 0.3 is 0 Å². The third-order valence-electron chi connectivity index (χ3n) is 2.18. The second-order valence-electron chi connectivity index (χ2n) is 2.72. The van der Waals surface area contributed by atoms with Crippen LogP contribution in [-0.4, -0.2) is 29.3 Å². The SMILES string of the molecule is O=C1C2CCN(C2)C1Cl. The first kappa shape index (κ1) is 5.69. The Labute approximate surface area is 58.8 Å². The number of Topliss-reactive ketones (excluding diaryl/α,β-unsaturated/α-hetero) is 1. The lowest BCUT2D eigenvalue weighted by atomic mass is 10.1. The van der Waals surface area contributed by atoms with E-state index in [1.54, 1.807) is 0 Å². The maximum Gasteiger partial charge on any atom is 0.169 e. The molecule has 0 spiro atoms. The highest BCUT2D eigenvalue weighted by atomic mass is 35.5. The molecule has 0 amide bonds. The standard InChI is InChI=1S/C6H8ClNO/c7-6-5(9)4-1-2-8(6)3-4/h4,6H,1-3H2. The Kier molecular flexibility index (Phi) is 1.08. The van der Waals surface area contributed by atoms with E-state index < -0.39 is 0 Å². The largest absolute Gasteiger partial charge is 0.296 e. The van der Waals surface area contributed by atoms with Gasteiger partial charge in [-0.2, -0.15) is 0 Å². The van der Waals surface area contributed by atoms with Crippen molar-refractivity contribution in [1.29, 1.82) is 0 Å². The van der Waals surface area contributed by atoms with Crippen molar-refractivity contribution in [2.75, 3.05) is 13.1 Å². The van der Waals surface area contributed by atoms with Crippen LogP contribution in [-0.2, 0) is 4.79 Å². The first-order chi connectivity index (χ1) is 4.29. The average molecular weight is 146 g/mol. The number of piperidine rings is 1. The number of fused-ring (bicyclic) bond motifs is 2. The molecular formula is C6H8ClNO. The van der Waals surface area contributed by atoms with Crippen molar-refractivity contribution in [2.45, 2.75) is 11.9 Å². The fraction of sp³-hybridized carbons (Fsp3) is 0.833. The molecule has 2 rings (SSSR count). The van der Waals surface area contributed by atoms with Crippen LogP contribution in [0.3, 0.4) is 0 Å². The van der Waals surface area contributed by atoms with Crippen molar-refractivity contribution in [1.82, 2.24) is 4.90 Å². The smallest absolute Gasteiger partial charge is 0.169 e. The van der Waals surface area contributed by atoms with Gasteiger partial charge in [-0.05, 0) is 6.42 Å². The lowest BCUT2D eigenvalue weighted by molar-refractivity contribution is -0.122. The predicted molar refractivity (Wildman–Crippen MR) is 34.3 cm³/mol. The molecule has 0 N–H and O–H groups in total. The lowest BCUT2D eigenvalue weighted by Crippen LogP contribution is -2.31. The number of carbonyl (C=O) groups excluding carboxylic acids is 1. The molecular weight excluding hydrogens is 138 g/mol. The third kappa shape index (κ3) is 0.634. The van der Waals surface area contributed by atoms with Gasteiger partial charge in [0.05, 0.1) is 0 Å². The molecule has 0 saturated carbocycles. The van der Waals surface area contributed by atoms with Crippen LogP contribution >= 0.6 is 11.6 Å². The van der Waals surface area contributed by atoms with Crippen molar-refractivity contribution in [3.63, 3.8) is 0 Å². The Morgan fingerprint density at radius 2 is 2.44 bits per heavy atom. The minimum Gasteiger partial charge on any atom is -0.296 e. The fourth-order valence-corrected chi connectivity index (χ4v) is 1.96. The van der Waals surface area contributed by atoms with Crippen LogP contribution in [0.2, 0.25) is 0 Å². The molecule has 3 atom stereocenters. The molecule has 0 aromatic rings. The summed E-state index contributed by atoms with van der Waals surface area (Å²) in [5, 5.41) is 0. The fourth-order valence-electron chi connectivity index (χ4n) is 1.60. The molecule has 2 bridgehead atoms. The third-order valence-corrected chi connectivity index (χ3v) is 2.67. The molecule has 0 aromatic heterocycles. The number of hydrogen-bond acceptors (Lipinski definition) is 2. The summed E-state index contributed by atoms with van der Waals surface area (Å²) in [6, 6.07) is 0. The van der Waals surface area contributed by atoms with Crippen LogP contribution < -0.4 is 0 Å². The van der Waals surface area contributed by atoms with Gasteiger partial charge in [-0.15, -0.1) is 0 Å². The maximum absolute atomic E-state index is 11.0. The van der Waals surface area contributed by atoms with Gasteiger partial charge in [-0.3, -0.25) is 9.69 Å². The Bertz CT molecular complexity index is 155. The summed E-state index contributed by atoms with van der Waals surface area (Å²) in [6.07, 6.45) is 1.03. The van der Waals surface area contributed by atoms with Gasteiger partial charge in [0.1, 0.15) is 5.50 Å². The molecule has 2 aliphatic heterocycles. The molecule has 2 fully saturated rings. The van der Waals surface area contributed by atoms with Gasteiger partial charge in [0.25, 0.3) is 0 Å². The average Bonchev–Trinajstić information content (AvgIpc) is 2.37. The van der Waals surface area contributed by atoms with Crippen LogP contribution in [0.25, 0.3) is 0 Å². The van der Waals surface area contributed by atoms with Crippen LogP contribution in [0.4, 0.5) is 0 Å². The first-order valence-electron chi connectivity index (χ1n) is 3.21. The zero-order valence-electron chi connectivity index (χ0n) is 5.01. The highest BCUT2D eigenvalue weighted by Gasteiger charge is 2.43. The maximum atomic E-state index is 11.0. The number of nitrogens with zero attached hydrogens (tertiary/aromatic N) is 1. The van der Waals surface area contributed by atoms with E-state index in [0.717, 1.165) is 19.5 Å². The number of ketones is 1. The summed E-state index contributed by atoms with van der Waals surface area (Å²) in [5.41, 5.74) is -0.288. The zero-order chi connectivity index (χ0) is 6.43. The second-order valence-corrected chi connectivity index (χ2v) is 3.13. The topological polar surface area (TPSA) is 20.3 Å². The molecule has 0 radical (unpaired) electrons. The molecule has 2 saturated heterocycles. The summed E-state index contributed by atoms with van der Waals surface area (Å²) in [7, 11) is 0. The van der Waals surface area contributed by atoms with E-state index >= 15 is 0 Å². The monoisotopic (exact) mass is 145 g/mol. The number of alkyl halides is 1. The summed E-state index contributed by atoms with van der Waals surface area (Å²) in [4.78, 5) is 13.0. The van der Waals surface area contributed by atoms with E-state index in [9.17, 15) is 4.79 Å². The number of carbonyl (C=O) groups is 1. The number of rotatable bonds is 0. The van der Waals surface area contributed by atoms with E-state index in [2.05, 4.69) is 0 Å². The van der Waals surface area contributed by atoms with Crippen LogP contribution in [0.5, 0.6) is 0 Å². The summed E-state index contributed by atoms with van der Waals surface area (Å²) in [5.74, 6) is 0.510. The van der Waals surface area contributed by atoms with Crippen molar-refractivity contribution < 1.29 is 4.79 Å². The van der Waals surface area contributed by atoms with Gasteiger partial charge in [-0.25, -0.2) is 0 Å². The van der Waals surface area contributed by atoms with E-state index in [1.807, 2.05) is 4.90 Å². The van der Waals surface area contributed by atoms with Gasteiger partial charge in [-0.1, -0.05) is 11.6 Å². The quantitative estimate of drug-likeness (QED) is 0.365. The molecule has 2 heterocycles. The van der Waals surface area contributed by atoms with Gasteiger partial charge in [0, 0.05) is 19.0 Å². The molecule has 2 aliphatic rings. The molecule has 0 aliphatic carbocycles. The minimum absolute atomic E-state index is 0.239. The van der Waals surface area contributed by atoms with Gasteiger partial charge in [0.2, 0.25) is 0 Å². The molecule has 0 aromatic carbocycles. The highest BCUT2D eigenvalue weighted by Crippen LogP contribution is 2.31. The van der Waals surface area contributed by atoms with Crippen LogP contribution in [0, 0.1) is 5.92 Å². The van der Waals surface area contributed by atoms with Crippen molar-refractivity contribution in [3.05, 3.63) is 0 Å². The van der Waals surface area contributed by atoms with E-state index in [1.165, 1.54) is 0 Å². The van der Waals surface area contributed by atoms with Crippen molar-refractivity contribution in [2.24, 2.45) is 5.92 Å². The number of halogens is 1. The predicted octanol–water partition coefficient (Wildman–Crippen LogP) is 0.456. The molecule has 9 heavy (non-hydrogen) atoms.